The minimum Gasteiger partial charge on any atom is -0.372 e. The van der Waals surface area contributed by atoms with E-state index in [-0.39, 0.29) is 5.56 Å². The van der Waals surface area contributed by atoms with Crippen molar-refractivity contribution < 1.29 is 18.3 Å². The topological polar surface area (TPSA) is 51.2 Å². The Hall–Kier alpha value is -3.12. The summed E-state index contributed by atoms with van der Waals surface area (Å²) >= 11 is 0. The van der Waals surface area contributed by atoms with E-state index in [1.807, 2.05) is 30.3 Å². The molecule has 0 bridgehead atoms. The van der Waals surface area contributed by atoms with Crippen LogP contribution in [-0.2, 0) is 29.2 Å². The zero-order chi connectivity index (χ0) is 19.1. The van der Waals surface area contributed by atoms with E-state index in [0.29, 0.717) is 19.0 Å². The van der Waals surface area contributed by atoms with Gasteiger partial charge < -0.3 is 10.1 Å². The minimum atomic E-state index is -0.749. The maximum atomic E-state index is 13.6. The van der Waals surface area contributed by atoms with Crippen LogP contribution < -0.4 is 5.32 Å². The molecule has 0 atom stereocenters. The molecule has 138 valence electrons. The molecule has 3 aromatic rings. The molecule has 0 saturated heterocycles. The van der Waals surface area contributed by atoms with Crippen LogP contribution >= 0.6 is 0 Å². The third kappa shape index (κ3) is 5.43. The lowest BCUT2D eigenvalue weighted by atomic mass is 10.1. The summed E-state index contributed by atoms with van der Waals surface area (Å²) in [5.41, 5.74) is 1.62. The number of pyridine rings is 1. The first kappa shape index (κ1) is 18.7. The fraction of sp³-hybridized carbons (Fsp3) is 0.143. The second-order valence-corrected chi connectivity index (χ2v) is 5.95. The molecule has 1 aromatic heterocycles. The van der Waals surface area contributed by atoms with E-state index < -0.39 is 24.0 Å². The fourth-order valence-corrected chi connectivity index (χ4v) is 2.54. The maximum absolute atomic E-state index is 13.6. The zero-order valence-corrected chi connectivity index (χ0v) is 14.5. The minimum absolute atomic E-state index is 0.266. The maximum Gasteiger partial charge on any atom is 0.230 e. The van der Waals surface area contributed by atoms with Crippen LogP contribution in [0.2, 0.25) is 0 Å². The number of hydrogen-bond acceptors (Lipinski definition) is 3. The Balaban J connectivity index is 1.56. The standard InChI is InChI=1S/C21H18F2N2O2/c22-18-7-4-8-19(23)17(18)12-21(26)25-20-11-16(9-10-24-20)14-27-13-15-5-2-1-3-6-15/h1-11H,12-14H2,(H,24,25,26). The highest BCUT2D eigenvalue weighted by atomic mass is 19.1. The van der Waals surface area contributed by atoms with Crippen molar-refractivity contribution in [3.63, 3.8) is 0 Å². The lowest BCUT2D eigenvalue weighted by molar-refractivity contribution is -0.115. The third-order valence-electron chi connectivity index (χ3n) is 3.87. The van der Waals surface area contributed by atoms with Gasteiger partial charge >= 0.3 is 0 Å². The molecule has 0 spiro atoms. The highest BCUT2D eigenvalue weighted by Gasteiger charge is 2.13. The van der Waals surface area contributed by atoms with E-state index in [4.69, 9.17) is 4.74 Å². The van der Waals surface area contributed by atoms with Gasteiger partial charge in [-0.3, -0.25) is 4.79 Å². The molecule has 3 rings (SSSR count). The summed E-state index contributed by atoms with van der Waals surface area (Å²) in [5.74, 6) is -1.74. The van der Waals surface area contributed by atoms with Gasteiger partial charge in [0.1, 0.15) is 17.5 Å². The highest BCUT2D eigenvalue weighted by Crippen LogP contribution is 2.14. The summed E-state index contributed by atoms with van der Waals surface area (Å²) in [7, 11) is 0. The molecule has 0 aliphatic heterocycles. The molecule has 0 radical (unpaired) electrons. The summed E-state index contributed by atoms with van der Waals surface area (Å²) in [4.78, 5) is 16.1. The molecule has 4 nitrogen and oxygen atoms in total. The number of carbonyl (C=O) groups is 1. The van der Waals surface area contributed by atoms with Gasteiger partial charge in [-0.1, -0.05) is 36.4 Å². The molecule has 0 fully saturated rings. The van der Waals surface area contributed by atoms with Crippen LogP contribution in [0.15, 0.2) is 66.9 Å². The number of carbonyl (C=O) groups excluding carboxylic acids is 1. The Morgan fingerprint density at radius 3 is 2.37 bits per heavy atom. The molecular weight excluding hydrogens is 350 g/mol. The second-order valence-electron chi connectivity index (χ2n) is 5.95. The van der Waals surface area contributed by atoms with E-state index in [2.05, 4.69) is 10.3 Å². The summed E-state index contributed by atoms with van der Waals surface area (Å²) in [6, 6.07) is 16.7. The van der Waals surface area contributed by atoms with Crippen molar-refractivity contribution in [2.75, 3.05) is 5.32 Å². The number of rotatable bonds is 7. The van der Waals surface area contributed by atoms with E-state index in [1.54, 1.807) is 18.3 Å². The molecule has 1 heterocycles. The Morgan fingerprint density at radius 1 is 0.926 bits per heavy atom. The van der Waals surface area contributed by atoms with Crippen LogP contribution in [0.1, 0.15) is 16.7 Å². The molecule has 1 amide bonds. The van der Waals surface area contributed by atoms with Crippen molar-refractivity contribution in [2.45, 2.75) is 19.6 Å². The molecule has 27 heavy (non-hydrogen) atoms. The first-order chi connectivity index (χ1) is 13.1. The number of anilines is 1. The van der Waals surface area contributed by atoms with Gasteiger partial charge in [-0.15, -0.1) is 0 Å². The number of aromatic nitrogens is 1. The fourth-order valence-electron chi connectivity index (χ4n) is 2.54. The van der Waals surface area contributed by atoms with Crippen molar-refractivity contribution in [1.29, 1.82) is 0 Å². The second kappa shape index (κ2) is 9.00. The molecule has 6 heteroatoms. The number of nitrogens with one attached hydrogen (secondary N) is 1. The van der Waals surface area contributed by atoms with Gasteiger partial charge in [0, 0.05) is 11.8 Å². The lowest BCUT2D eigenvalue weighted by Gasteiger charge is -2.08. The van der Waals surface area contributed by atoms with E-state index in [9.17, 15) is 13.6 Å². The van der Waals surface area contributed by atoms with Crippen molar-refractivity contribution in [1.82, 2.24) is 4.98 Å². The highest BCUT2D eigenvalue weighted by molar-refractivity contribution is 5.91. The third-order valence-corrected chi connectivity index (χ3v) is 3.87. The Bertz CT molecular complexity index is 897. The Kier molecular flexibility index (Phi) is 6.22. The van der Waals surface area contributed by atoms with Gasteiger partial charge in [0.15, 0.2) is 0 Å². The monoisotopic (exact) mass is 368 g/mol. The smallest absolute Gasteiger partial charge is 0.230 e. The van der Waals surface area contributed by atoms with Gasteiger partial charge in [0.05, 0.1) is 19.6 Å². The van der Waals surface area contributed by atoms with Crippen LogP contribution in [0.4, 0.5) is 14.6 Å². The number of nitrogens with zero attached hydrogens (tertiary/aromatic N) is 1. The SMILES string of the molecule is O=C(Cc1c(F)cccc1F)Nc1cc(COCc2ccccc2)ccn1. The van der Waals surface area contributed by atoms with Gasteiger partial charge in [-0.2, -0.15) is 0 Å². The van der Waals surface area contributed by atoms with Crippen molar-refractivity contribution >= 4 is 11.7 Å². The molecule has 2 aromatic carbocycles. The average Bonchev–Trinajstić information content (AvgIpc) is 2.66. The normalized spacial score (nSPS) is 10.6. The number of ether oxygens (including phenoxy) is 1. The van der Waals surface area contributed by atoms with Gasteiger partial charge in [-0.25, -0.2) is 13.8 Å². The predicted molar refractivity (Wildman–Crippen MR) is 97.9 cm³/mol. The average molecular weight is 368 g/mol. The number of amides is 1. The Morgan fingerprint density at radius 2 is 1.63 bits per heavy atom. The van der Waals surface area contributed by atoms with Gasteiger partial charge in [-0.05, 0) is 35.4 Å². The van der Waals surface area contributed by atoms with E-state index in [1.165, 1.54) is 6.07 Å². The summed E-state index contributed by atoms with van der Waals surface area (Å²) in [6.45, 7) is 0.819. The van der Waals surface area contributed by atoms with Crippen LogP contribution in [0.5, 0.6) is 0 Å². The van der Waals surface area contributed by atoms with Gasteiger partial charge in [0.25, 0.3) is 0 Å². The predicted octanol–water partition coefficient (Wildman–Crippen LogP) is 4.26. The lowest BCUT2D eigenvalue weighted by Crippen LogP contribution is -2.17. The number of hydrogen-bond donors (Lipinski definition) is 1. The van der Waals surface area contributed by atoms with E-state index in [0.717, 1.165) is 23.3 Å². The largest absolute Gasteiger partial charge is 0.372 e. The van der Waals surface area contributed by atoms with Crippen LogP contribution in [0.3, 0.4) is 0 Å². The molecule has 0 unspecified atom stereocenters. The first-order valence-corrected chi connectivity index (χ1v) is 8.41. The van der Waals surface area contributed by atoms with E-state index >= 15 is 0 Å². The van der Waals surface area contributed by atoms with Crippen LogP contribution in [0.25, 0.3) is 0 Å². The van der Waals surface area contributed by atoms with Crippen LogP contribution in [-0.4, -0.2) is 10.9 Å². The molecule has 1 N–H and O–H groups in total. The number of halogens is 2. The molecule has 0 saturated carbocycles. The van der Waals surface area contributed by atoms with Crippen LogP contribution in [0, 0.1) is 11.6 Å². The first-order valence-electron chi connectivity index (χ1n) is 8.41. The summed E-state index contributed by atoms with van der Waals surface area (Å²) < 4.78 is 32.9. The van der Waals surface area contributed by atoms with Crippen molar-refractivity contribution in [2.24, 2.45) is 0 Å². The zero-order valence-electron chi connectivity index (χ0n) is 14.5. The Labute approximate surface area is 155 Å². The summed E-state index contributed by atoms with van der Waals surface area (Å²) in [6.07, 6.45) is 1.13. The number of benzene rings is 2. The molecule has 0 aliphatic rings. The van der Waals surface area contributed by atoms with Crippen molar-refractivity contribution in [3.8, 4) is 0 Å². The quantitative estimate of drug-likeness (QED) is 0.678. The van der Waals surface area contributed by atoms with Crippen molar-refractivity contribution in [3.05, 3.63) is 95.2 Å². The molecular formula is C21H18F2N2O2. The summed E-state index contributed by atoms with van der Waals surface area (Å²) in [5, 5.41) is 2.55. The van der Waals surface area contributed by atoms with Gasteiger partial charge in [0.2, 0.25) is 5.91 Å². The molecule has 0 aliphatic carbocycles.